The van der Waals surface area contributed by atoms with Gasteiger partial charge in [0.25, 0.3) is 0 Å². The molecule has 124 valence electrons. The highest BCUT2D eigenvalue weighted by Gasteiger charge is 2.18. The van der Waals surface area contributed by atoms with E-state index in [9.17, 15) is 9.59 Å². The van der Waals surface area contributed by atoms with E-state index in [1.165, 1.54) is 0 Å². The summed E-state index contributed by atoms with van der Waals surface area (Å²) >= 11 is 0. The highest BCUT2D eigenvalue weighted by atomic mass is 16.2. The quantitative estimate of drug-likeness (QED) is 0.567. The first-order valence-electron chi connectivity index (χ1n) is 8.01. The molecule has 0 aliphatic carbocycles. The molecule has 0 aliphatic heterocycles. The zero-order chi connectivity index (χ0) is 16.4. The molecule has 0 unspecified atom stereocenters. The van der Waals surface area contributed by atoms with Crippen LogP contribution < -0.4 is 10.6 Å². The topological polar surface area (TPSA) is 61.4 Å². The van der Waals surface area contributed by atoms with Crippen LogP contribution in [0.25, 0.3) is 0 Å². The smallest absolute Gasteiger partial charge is 0.230 e. The van der Waals surface area contributed by atoms with Gasteiger partial charge < -0.3 is 15.5 Å². The predicted molar refractivity (Wildman–Crippen MR) is 87.3 cm³/mol. The molecule has 2 N–H and O–H groups in total. The first-order valence-corrected chi connectivity index (χ1v) is 8.01. The van der Waals surface area contributed by atoms with E-state index >= 15 is 0 Å². The van der Waals surface area contributed by atoms with Gasteiger partial charge in [-0.15, -0.1) is 0 Å². The lowest BCUT2D eigenvalue weighted by molar-refractivity contribution is -0.136. The van der Waals surface area contributed by atoms with Gasteiger partial charge in [0.05, 0.1) is 6.42 Å². The van der Waals surface area contributed by atoms with Crippen LogP contribution in [-0.4, -0.2) is 54.9 Å². The van der Waals surface area contributed by atoms with E-state index in [1.807, 2.05) is 13.8 Å². The molecule has 0 heterocycles. The number of carbonyl (C=O) groups excluding carboxylic acids is 2. The van der Waals surface area contributed by atoms with Gasteiger partial charge in [-0.05, 0) is 0 Å². The summed E-state index contributed by atoms with van der Waals surface area (Å²) in [6.07, 6.45) is 0.0149. The highest BCUT2D eigenvalue weighted by Crippen LogP contribution is 2.02. The van der Waals surface area contributed by atoms with Crippen LogP contribution in [0.5, 0.6) is 0 Å². The summed E-state index contributed by atoms with van der Waals surface area (Å²) in [4.78, 5) is 25.8. The van der Waals surface area contributed by atoms with Crippen LogP contribution in [0.3, 0.4) is 0 Å². The maximum atomic E-state index is 12.3. The van der Waals surface area contributed by atoms with Crippen LogP contribution in [-0.2, 0) is 9.59 Å². The van der Waals surface area contributed by atoms with Crippen LogP contribution in [0, 0.1) is 5.92 Å². The van der Waals surface area contributed by atoms with Crippen molar-refractivity contribution in [2.75, 3.05) is 26.2 Å². The highest BCUT2D eigenvalue weighted by molar-refractivity contribution is 5.98. The lowest BCUT2D eigenvalue weighted by Gasteiger charge is -2.24. The lowest BCUT2D eigenvalue weighted by atomic mass is 10.1. The molecule has 0 saturated carbocycles. The second-order valence-electron chi connectivity index (χ2n) is 6.40. The number of rotatable bonds is 11. The molecule has 0 fully saturated rings. The Morgan fingerprint density at radius 2 is 1.29 bits per heavy atom. The molecule has 0 aromatic carbocycles. The molecule has 21 heavy (non-hydrogen) atoms. The van der Waals surface area contributed by atoms with Gasteiger partial charge in [0, 0.05) is 44.2 Å². The van der Waals surface area contributed by atoms with Crippen molar-refractivity contribution in [3.8, 4) is 0 Å². The number of hydrogen-bond donors (Lipinski definition) is 2. The van der Waals surface area contributed by atoms with Crippen molar-refractivity contribution in [3.63, 3.8) is 0 Å². The third kappa shape index (κ3) is 10.4. The van der Waals surface area contributed by atoms with Gasteiger partial charge in [-0.2, -0.15) is 0 Å². The lowest BCUT2D eigenvalue weighted by Crippen LogP contribution is -2.43. The van der Waals surface area contributed by atoms with Gasteiger partial charge in [-0.1, -0.05) is 41.5 Å². The summed E-state index contributed by atoms with van der Waals surface area (Å²) < 4.78 is 0. The Labute approximate surface area is 129 Å². The number of Topliss-reactive ketones (excluding diaryl/α,β-unsaturated/α-hetero) is 1. The Morgan fingerprint density at radius 1 is 0.857 bits per heavy atom. The number of carbonyl (C=O) groups is 2. The van der Waals surface area contributed by atoms with Crippen molar-refractivity contribution in [2.45, 2.75) is 60.0 Å². The Morgan fingerprint density at radius 3 is 1.62 bits per heavy atom. The van der Waals surface area contributed by atoms with Crippen LogP contribution in [0.2, 0.25) is 0 Å². The van der Waals surface area contributed by atoms with E-state index in [2.05, 4.69) is 38.3 Å². The van der Waals surface area contributed by atoms with Crippen LogP contribution in [0.4, 0.5) is 0 Å². The molecule has 0 aromatic rings. The van der Waals surface area contributed by atoms with Gasteiger partial charge >= 0.3 is 0 Å². The maximum absolute atomic E-state index is 12.3. The summed E-state index contributed by atoms with van der Waals surface area (Å²) in [5.74, 6) is -0.137. The van der Waals surface area contributed by atoms with E-state index < -0.39 is 0 Å². The number of nitrogens with one attached hydrogen (secondary N) is 2. The van der Waals surface area contributed by atoms with Crippen molar-refractivity contribution < 1.29 is 9.59 Å². The first kappa shape index (κ1) is 20.1. The van der Waals surface area contributed by atoms with Crippen molar-refractivity contribution >= 4 is 11.7 Å². The molecular weight excluding hydrogens is 266 g/mol. The fourth-order valence-corrected chi connectivity index (χ4v) is 1.80. The van der Waals surface area contributed by atoms with Crippen LogP contribution in [0.15, 0.2) is 0 Å². The fraction of sp³-hybridized carbons (Fsp3) is 0.875. The second kappa shape index (κ2) is 10.7. The van der Waals surface area contributed by atoms with Gasteiger partial charge in [-0.3, -0.25) is 9.59 Å². The molecule has 5 heteroatoms. The van der Waals surface area contributed by atoms with E-state index in [1.54, 1.807) is 4.90 Å². The largest absolute Gasteiger partial charge is 0.340 e. The molecule has 5 nitrogen and oxygen atoms in total. The second-order valence-corrected chi connectivity index (χ2v) is 6.40. The average Bonchev–Trinajstić information content (AvgIpc) is 2.35. The van der Waals surface area contributed by atoms with Gasteiger partial charge in [0.15, 0.2) is 0 Å². The normalized spacial score (nSPS) is 11.5. The summed E-state index contributed by atoms with van der Waals surface area (Å²) in [5.41, 5.74) is 0. The average molecular weight is 299 g/mol. The minimum Gasteiger partial charge on any atom is -0.340 e. The zero-order valence-electron chi connectivity index (χ0n) is 14.5. The molecule has 0 rings (SSSR count). The summed E-state index contributed by atoms with van der Waals surface area (Å²) in [7, 11) is 0. The van der Waals surface area contributed by atoms with Crippen LogP contribution in [0.1, 0.15) is 48.0 Å². The SMILES string of the molecule is CC(C)NCCN(CCNC(C)C)C(=O)CC(=O)C(C)C. The van der Waals surface area contributed by atoms with Gasteiger partial charge in [-0.25, -0.2) is 0 Å². The Hall–Kier alpha value is -0.940. The summed E-state index contributed by atoms with van der Waals surface area (Å²) in [6.45, 7) is 14.8. The van der Waals surface area contributed by atoms with E-state index in [4.69, 9.17) is 0 Å². The van der Waals surface area contributed by atoms with Crippen LogP contribution >= 0.6 is 0 Å². The number of hydrogen-bond acceptors (Lipinski definition) is 4. The van der Waals surface area contributed by atoms with Gasteiger partial charge in [0.2, 0.25) is 5.91 Å². The summed E-state index contributed by atoms with van der Waals surface area (Å²) in [5, 5.41) is 6.61. The Balaban J connectivity index is 4.39. The molecule has 0 spiro atoms. The Bertz CT molecular complexity index is 301. The first-order chi connectivity index (χ1) is 9.73. The van der Waals surface area contributed by atoms with E-state index in [-0.39, 0.29) is 24.0 Å². The Kier molecular flexibility index (Phi) is 10.3. The van der Waals surface area contributed by atoms with E-state index in [0.717, 1.165) is 13.1 Å². The van der Waals surface area contributed by atoms with Crippen molar-refractivity contribution in [2.24, 2.45) is 5.92 Å². The standard InChI is InChI=1S/C16H33N3O2/c1-12(2)15(20)11-16(21)19(9-7-17-13(3)4)10-8-18-14(5)6/h12-14,17-18H,7-11H2,1-6H3. The van der Waals surface area contributed by atoms with Crippen molar-refractivity contribution in [1.82, 2.24) is 15.5 Å². The number of ketones is 1. The third-order valence-corrected chi connectivity index (χ3v) is 3.19. The van der Waals surface area contributed by atoms with Crippen molar-refractivity contribution in [3.05, 3.63) is 0 Å². The zero-order valence-corrected chi connectivity index (χ0v) is 14.5. The van der Waals surface area contributed by atoms with Crippen molar-refractivity contribution in [1.29, 1.82) is 0 Å². The molecule has 0 bridgehead atoms. The monoisotopic (exact) mass is 299 g/mol. The molecule has 0 aliphatic rings. The molecule has 0 radical (unpaired) electrons. The fourth-order valence-electron chi connectivity index (χ4n) is 1.80. The minimum atomic E-state index is -0.0848. The number of nitrogens with zero attached hydrogens (tertiary/aromatic N) is 1. The molecule has 0 saturated heterocycles. The minimum absolute atomic E-state index is 0.0126. The molecule has 0 aromatic heterocycles. The third-order valence-electron chi connectivity index (χ3n) is 3.19. The molecule has 1 amide bonds. The van der Waals surface area contributed by atoms with Gasteiger partial charge in [0.1, 0.15) is 5.78 Å². The summed E-state index contributed by atoms with van der Waals surface area (Å²) in [6, 6.07) is 0.793. The predicted octanol–water partition coefficient (Wildman–Crippen LogP) is 1.43. The molecule has 0 atom stereocenters. The molecular formula is C16H33N3O2. The maximum Gasteiger partial charge on any atom is 0.230 e. The van der Waals surface area contributed by atoms with E-state index in [0.29, 0.717) is 25.2 Å². The number of amides is 1.